The van der Waals surface area contributed by atoms with Gasteiger partial charge in [0.1, 0.15) is 16.4 Å². The minimum atomic E-state index is -0.174. The molecule has 1 aromatic carbocycles. The second kappa shape index (κ2) is 8.96. The van der Waals surface area contributed by atoms with Gasteiger partial charge in [0.2, 0.25) is 5.95 Å². The summed E-state index contributed by atoms with van der Waals surface area (Å²) in [4.78, 5) is 25.7. The smallest absolute Gasteiger partial charge is 0.264 e. The minimum absolute atomic E-state index is 0.174. The number of hydrogen-bond donors (Lipinski definition) is 4. The molecule has 2 saturated carbocycles. The Bertz CT molecular complexity index is 1070. The maximum absolute atomic E-state index is 13.2. The van der Waals surface area contributed by atoms with Gasteiger partial charge in [0.15, 0.2) is 0 Å². The third kappa shape index (κ3) is 4.45. The van der Waals surface area contributed by atoms with E-state index in [9.17, 15) is 9.90 Å². The normalized spacial score (nSPS) is 22.1. The Morgan fingerprint density at radius 3 is 2.65 bits per heavy atom. The molecular weight excluding hydrogens is 410 g/mol. The largest absolute Gasteiger partial charge is 0.396 e. The Kier molecular flexibility index (Phi) is 5.91. The molecule has 2 aliphatic carbocycles. The standard InChI is InChI=1S/C23H29N5O2S/c29-13-14-10-11-16(12-14)24-20-19(22-26-17-8-4-5-9-18(17)31-22)21(30)28-23(27-20)25-15-6-2-1-3-7-15/h4-5,8-9,14-16,29H,1-3,6-7,10-13H2,(H3,24,25,27,28,30)/t14-,16?/m1/s1. The van der Waals surface area contributed by atoms with Crippen molar-refractivity contribution in [2.24, 2.45) is 5.92 Å². The van der Waals surface area contributed by atoms with Crippen LogP contribution in [0.1, 0.15) is 51.4 Å². The SMILES string of the molecule is O=c1[nH]c(NC2CCCCC2)nc(NC2CC[C@@H](CO)C2)c1-c1nc2ccccc2s1. The van der Waals surface area contributed by atoms with Crippen LogP contribution in [0.25, 0.3) is 20.8 Å². The fourth-order valence-electron chi connectivity index (χ4n) is 4.83. The van der Waals surface area contributed by atoms with Crippen molar-refractivity contribution in [3.63, 3.8) is 0 Å². The summed E-state index contributed by atoms with van der Waals surface area (Å²) < 4.78 is 1.05. The lowest BCUT2D eigenvalue weighted by atomic mass is 9.96. The number of thiazole rings is 1. The van der Waals surface area contributed by atoms with Crippen LogP contribution in [0.4, 0.5) is 11.8 Å². The van der Waals surface area contributed by atoms with E-state index in [4.69, 9.17) is 9.97 Å². The van der Waals surface area contributed by atoms with E-state index < -0.39 is 0 Å². The van der Waals surface area contributed by atoms with Crippen LogP contribution < -0.4 is 16.2 Å². The van der Waals surface area contributed by atoms with Crippen molar-refractivity contribution in [2.45, 2.75) is 63.5 Å². The minimum Gasteiger partial charge on any atom is -0.396 e. The second-order valence-corrected chi connectivity index (χ2v) is 9.84. The molecule has 164 valence electrons. The monoisotopic (exact) mass is 439 g/mol. The molecule has 1 unspecified atom stereocenters. The fraction of sp³-hybridized carbons (Fsp3) is 0.522. The summed E-state index contributed by atoms with van der Waals surface area (Å²) in [5.41, 5.74) is 1.22. The summed E-state index contributed by atoms with van der Waals surface area (Å²) in [6.07, 6.45) is 8.74. The average Bonchev–Trinajstić information content (AvgIpc) is 3.40. The number of hydrogen-bond acceptors (Lipinski definition) is 7. The number of para-hydroxylation sites is 1. The summed E-state index contributed by atoms with van der Waals surface area (Å²) in [5, 5.41) is 17.2. The summed E-state index contributed by atoms with van der Waals surface area (Å²) in [7, 11) is 0. The molecule has 4 N–H and O–H groups in total. The average molecular weight is 440 g/mol. The molecule has 0 aliphatic heterocycles. The van der Waals surface area contributed by atoms with Gasteiger partial charge in [0.05, 0.1) is 10.2 Å². The van der Waals surface area contributed by atoms with E-state index in [1.54, 1.807) is 0 Å². The second-order valence-electron chi connectivity index (χ2n) is 8.81. The predicted molar refractivity (Wildman–Crippen MR) is 126 cm³/mol. The molecule has 2 fully saturated rings. The number of nitrogens with zero attached hydrogens (tertiary/aromatic N) is 2. The van der Waals surface area contributed by atoms with E-state index in [0.29, 0.717) is 34.3 Å². The number of fused-ring (bicyclic) bond motifs is 1. The predicted octanol–water partition coefficient (Wildman–Crippen LogP) is 4.36. The number of benzene rings is 1. The summed E-state index contributed by atoms with van der Waals surface area (Å²) in [5.74, 6) is 1.43. The van der Waals surface area contributed by atoms with Crippen molar-refractivity contribution < 1.29 is 5.11 Å². The highest BCUT2D eigenvalue weighted by molar-refractivity contribution is 7.21. The first kappa shape index (κ1) is 20.5. The first-order valence-electron chi connectivity index (χ1n) is 11.3. The molecule has 2 aromatic heterocycles. The van der Waals surface area contributed by atoms with Crippen molar-refractivity contribution in [2.75, 3.05) is 17.2 Å². The molecule has 2 atom stereocenters. The Labute approximate surface area is 185 Å². The molecule has 31 heavy (non-hydrogen) atoms. The maximum Gasteiger partial charge on any atom is 0.264 e. The Balaban J connectivity index is 1.51. The number of aliphatic hydroxyl groups is 1. The van der Waals surface area contributed by atoms with E-state index in [0.717, 1.165) is 42.3 Å². The van der Waals surface area contributed by atoms with E-state index >= 15 is 0 Å². The number of aromatic nitrogens is 3. The van der Waals surface area contributed by atoms with Crippen molar-refractivity contribution in [3.8, 4) is 10.6 Å². The van der Waals surface area contributed by atoms with E-state index in [-0.39, 0.29) is 18.2 Å². The number of nitrogens with one attached hydrogen (secondary N) is 3. The van der Waals surface area contributed by atoms with Gasteiger partial charge in [-0.15, -0.1) is 11.3 Å². The van der Waals surface area contributed by atoms with Crippen molar-refractivity contribution >= 4 is 33.3 Å². The molecule has 0 saturated heterocycles. The van der Waals surface area contributed by atoms with Crippen LogP contribution in [0.5, 0.6) is 0 Å². The van der Waals surface area contributed by atoms with Crippen LogP contribution in [0.2, 0.25) is 0 Å². The molecule has 0 spiro atoms. The van der Waals surface area contributed by atoms with Gasteiger partial charge in [0, 0.05) is 18.7 Å². The lowest BCUT2D eigenvalue weighted by molar-refractivity contribution is 0.229. The molecule has 5 rings (SSSR count). The van der Waals surface area contributed by atoms with Crippen molar-refractivity contribution in [1.29, 1.82) is 0 Å². The van der Waals surface area contributed by atoms with E-state index in [2.05, 4.69) is 15.6 Å². The van der Waals surface area contributed by atoms with Crippen molar-refractivity contribution in [3.05, 3.63) is 34.6 Å². The molecule has 3 aromatic rings. The maximum atomic E-state index is 13.2. The zero-order valence-corrected chi connectivity index (χ0v) is 18.4. The van der Waals surface area contributed by atoms with Crippen LogP contribution in [0, 0.1) is 5.92 Å². The lowest BCUT2D eigenvalue weighted by Crippen LogP contribution is -2.27. The fourth-order valence-corrected chi connectivity index (χ4v) is 5.84. The van der Waals surface area contributed by atoms with E-state index in [1.165, 1.54) is 30.6 Å². The molecule has 2 heterocycles. The highest BCUT2D eigenvalue weighted by Crippen LogP contribution is 2.34. The number of rotatable bonds is 6. The number of H-pyrrole nitrogens is 1. The topological polar surface area (TPSA) is 103 Å². The Morgan fingerprint density at radius 2 is 1.87 bits per heavy atom. The van der Waals surface area contributed by atoms with Crippen LogP contribution in [-0.2, 0) is 0 Å². The third-order valence-corrected chi connectivity index (χ3v) is 7.57. The molecular formula is C23H29N5O2S. The lowest BCUT2D eigenvalue weighted by Gasteiger charge is -2.23. The number of aliphatic hydroxyl groups excluding tert-OH is 1. The molecule has 2 aliphatic rings. The third-order valence-electron chi connectivity index (χ3n) is 6.51. The Hall–Kier alpha value is -2.45. The van der Waals surface area contributed by atoms with Gasteiger partial charge in [-0.2, -0.15) is 4.98 Å². The molecule has 0 bridgehead atoms. The quantitative estimate of drug-likeness (QED) is 0.455. The zero-order chi connectivity index (χ0) is 21.2. The van der Waals surface area contributed by atoms with Gasteiger partial charge in [-0.25, -0.2) is 4.98 Å². The highest BCUT2D eigenvalue weighted by atomic mass is 32.1. The summed E-state index contributed by atoms with van der Waals surface area (Å²) >= 11 is 1.51. The van der Waals surface area contributed by atoms with Crippen LogP contribution in [-0.4, -0.2) is 38.7 Å². The Morgan fingerprint density at radius 1 is 1.03 bits per heavy atom. The first-order valence-corrected chi connectivity index (χ1v) is 12.2. The van der Waals surface area contributed by atoms with Gasteiger partial charge in [0.25, 0.3) is 5.56 Å². The highest BCUT2D eigenvalue weighted by Gasteiger charge is 2.27. The number of anilines is 2. The van der Waals surface area contributed by atoms with Gasteiger partial charge in [-0.3, -0.25) is 9.78 Å². The molecule has 0 amide bonds. The van der Waals surface area contributed by atoms with Gasteiger partial charge in [-0.1, -0.05) is 31.4 Å². The van der Waals surface area contributed by atoms with Gasteiger partial charge in [-0.05, 0) is 50.2 Å². The van der Waals surface area contributed by atoms with Gasteiger partial charge >= 0.3 is 0 Å². The van der Waals surface area contributed by atoms with Crippen LogP contribution in [0.3, 0.4) is 0 Å². The summed E-state index contributed by atoms with van der Waals surface area (Å²) in [6.45, 7) is 0.209. The van der Waals surface area contributed by atoms with Crippen LogP contribution >= 0.6 is 11.3 Å². The molecule has 0 radical (unpaired) electrons. The summed E-state index contributed by atoms with van der Waals surface area (Å²) in [6, 6.07) is 8.47. The van der Waals surface area contributed by atoms with E-state index in [1.807, 2.05) is 24.3 Å². The number of aromatic amines is 1. The zero-order valence-electron chi connectivity index (χ0n) is 17.6. The molecule has 8 heteroatoms. The molecule has 7 nitrogen and oxygen atoms in total. The first-order chi connectivity index (χ1) is 15.2. The van der Waals surface area contributed by atoms with Crippen LogP contribution in [0.15, 0.2) is 29.1 Å². The van der Waals surface area contributed by atoms with Gasteiger partial charge < -0.3 is 15.7 Å². The van der Waals surface area contributed by atoms with Crippen molar-refractivity contribution in [1.82, 2.24) is 15.0 Å².